The molecule has 0 spiro atoms. The van der Waals surface area contributed by atoms with Gasteiger partial charge in [0.1, 0.15) is 0 Å². The Bertz CT molecular complexity index is 1040. The first-order valence-electron chi connectivity index (χ1n) is 9.82. The Labute approximate surface area is 191 Å². The van der Waals surface area contributed by atoms with Crippen molar-refractivity contribution >= 4 is 10.9 Å². The molecule has 30 heavy (non-hydrogen) atoms. The zero-order valence-electron chi connectivity index (χ0n) is 17.1. The minimum Gasteiger partial charge on any atom is -0.393 e. The second kappa shape index (κ2) is 11.7. The molecule has 3 nitrogen and oxygen atoms in total. The Balaban J connectivity index is 0.000000350. The normalized spacial score (nSPS) is 12.3. The zero-order valence-corrected chi connectivity index (χ0v) is 19.5. The predicted molar refractivity (Wildman–Crippen MR) is 119 cm³/mol. The van der Waals surface area contributed by atoms with Crippen molar-refractivity contribution in [2.45, 2.75) is 32.5 Å². The molecule has 3 aromatic carbocycles. The fraction of sp³-hybridized carbons (Fsp3) is 0.192. The smallest absolute Gasteiger partial charge is 0.0595 e. The van der Waals surface area contributed by atoms with Gasteiger partial charge in [-0.15, -0.1) is 35.4 Å². The van der Waals surface area contributed by atoms with Crippen LogP contribution in [-0.4, -0.2) is 27.4 Å². The summed E-state index contributed by atoms with van der Waals surface area (Å²) < 4.78 is 0. The topological polar surface area (TPSA) is 53.4 Å². The summed E-state index contributed by atoms with van der Waals surface area (Å²) in [4.78, 5) is 4.75. The number of aliphatic hydroxyl groups is 2. The maximum absolute atomic E-state index is 8.56. The summed E-state index contributed by atoms with van der Waals surface area (Å²) in [7, 11) is 0. The van der Waals surface area contributed by atoms with E-state index in [9.17, 15) is 0 Å². The average molecular weight is 577 g/mol. The van der Waals surface area contributed by atoms with Gasteiger partial charge in [-0.2, -0.15) is 0 Å². The second-order valence-corrected chi connectivity index (χ2v) is 7.18. The van der Waals surface area contributed by atoms with Gasteiger partial charge in [-0.05, 0) is 43.0 Å². The van der Waals surface area contributed by atoms with E-state index in [2.05, 4.69) is 60.7 Å². The van der Waals surface area contributed by atoms with Crippen LogP contribution in [0.3, 0.4) is 0 Å². The molecule has 1 radical (unpaired) electrons. The van der Waals surface area contributed by atoms with Crippen molar-refractivity contribution < 1.29 is 30.3 Å². The van der Waals surface area contributed by atoms with Crippen LogP contribution < -0.4 is 0 Å². The number of rotatable bonds is 4. The number of para-hydroxylation sites is 1. The van der Waals surface area contributed by atoms with Crippen LogP contribution in [0.25, 0.3) is 33.3 Å². The number of fused-ring (bicyclic) bond motifs is 1. The summed E-state index contributed by atoms with van der Waals surface area (Å²) in [6.07, 6.45) is -0.278. The second-order valence-electron chi connectivity index (χ2n) is 7.18. The van der Waals surface area contributed by atoms with Crippen molar-refractivity contribution in [2.24, 2.45) is 0 Å². The van der Waals surface area contributed by atoms with Gasteiger partial charge in [0.25, 0.3) is 0 Å². The molecule has 2 atom stereocenters. The number of hydrogen-bond acceptors (Lipinski definition) is 3. The largest absolute Gasteiger partial charge is 0.393 e. The third-order valence-corrected chi connectivity index (χ3v) is 4.47. The Hall–Kier alpha value is -2.36. The SMILES string of the molecule is CC(O)CC(C)O.[Ir].[c-]1ccc(-c2ccccc2)cc1-c1ccc2ccccc2n1. The molecule has 0 saturated heterocycles. The van der Waals surface area contributed by atoms with Crippen LogP contribution in [0.1, 0.15) is 20.3 Å². The molecule has 0 aliphatic carbocycles. The average Bonchev–Trinajstić information content (AvgIpc) is 2.73. The van der Waals surface area contributed by atoms with Crippen LogP contribution in [0, 0.1) is 6.07 Å². The van der Waals surface area contributed by atoms with E-state index in [1.165, 1.54) is 11.1 Å². The molecular formula is C26H26IrNO2-. The predicted octanol–water partition coefficient (Wildman–Crippen LogP) is 5.50. The summed E-state index contributed by atoms with van der Waals surface area (Å²) in [5, 5.41) is 18.3. The monoisotopic (exact) mass is 577 g/mol. The molecule has 2 N–H and O–H groups in total. The Kier molecular flexibility index (Phi) is 9.35. The van der Waals surface area contributed by atoms with Crippen molar-refractivity contribution in [3.63, 3.8) is 0 Å². The van der Waals surface area contributed by atoms with Gasteiger partial charge in [0.2, 0.25) is 0 Å². The minimum absolute atomic E-state index is 0. The van der Waals surface area contributed by atoms with Crippen LogP contribution in [-0.2, 0) is 20.1 Å². The van der Waals surface area contributed by atoms with Crippen LogP contribution in [0.5, 0.6) is 0 Å². The van der Waals surface area contributed by atoms with E-state index in [4.69, 9.17) is 15.2 Å². The molecule has 0 fully saturated rings. The Morgan fingerprint density at radius 3 is 2.13 bits per heavy atom. The van der Waals surface area contributed by atoms with Gasteiger partial charge in [-0.25, -0.2) is 0 Å². The number of benzene rings is 3. The van der Waals surface area contributed by atoms with Crippen molar-refractivity contribution in [3.8, 4) is 22.4 Å². The van der Waals surface area contributed by atoms with Crippen LogP contribution in [0.15, 0.2) is 84.9 Å². The maximum atomic E-state index is 8.56. The van der Waals surface area contributed by atoms with Gasteiger partial charge in [0.05, 0.1) is 17.7 Å². The van der Waals surface area contributed by atoms with Gasteiger partial charge in [0, 0.05) is 20.1 Å². The van der Waals surface area contributed by atoms with Crippen LogP contribution >= 0.6 is 0 Å². The molecule has 157 valence electrons. The number of nitrogens with zero attached hydrogens (tertiary/aromatic N) is 1. The van der Waals surface area contributed by atoms with Crippen molar-refractivity contribution in [2.75, 3.05) is 0 Å². The zero-order chi connectivity index (χ0) is 20.6. The minimum atomic E-state index is -0.375. The van der Waals surface area contributed by atoms with E-state index >= 15 is 0 Å². The first-order chi connectivity index (χ1) is 14.0. The molecule has 0 bridgehead atoms. The van der Waals surface area contributed by atoms with E-state index in [0.717, 1.165) is 22.2 Å². The third-order valence-electron chi connectivity index (χ3n) is 4.47. The molecule has 2 unspecified atom stereocenters. The molecule has 4 rings (SSSR count). The molecule has 0 aliphatic heterocycles. The van der Waals surface area contributed by atoms with E-state index in [1.807, 2.05) is 30.3 Å². The molecule has 0 saturated carbocycles. The molecule has 1 heterocycles. The summed E-state index contributed by atoms with van der Waals surface area (Å²) in [5.74, 6) is 0. The van der Waals surface area contributed by atoms with Gasteiger partial charge >= 0.3 is 0 Å². The summed E-state index contributed by atoms with van der Waals surface area (Å²) in [6, 6.07) is 32.2. The summed E-state index contributed by atoms with van der Waals surface area (Å²) in [6.45, 7) is 3.32. The number of aromatic nitrogens is 1. The van der Waals surface area contributed by atoms with Gasteiger partial charge in [0.15, 0.2) is 0 Å². The molecule has 1 aromatic heterocycles. The number of hydrogen-bond donors (Lipinski definition) is 2. The van der Waals surface area contributed by atoms with E-state index in [-0.39, 0.29) is 32.3 Å². The van der Waals surface area contributed by atoms with Gasteiger partial charge < -0.3 is 10.2 Å². The van der Waals surface area contributed by atoms with Crippen molar-refractivity contribution in [1.82, 2.24) is 4.98 Å². The summed E-state index contributed by atoms with van der Waals surface area (Å²) in [5.41, 5.74) is 5.38. The fourth-order valence-electron chi connectivity index (χ4n) is 3.13. The van der Waals surface area contributed by atoms with E-state index in [0.29, 0.717) is 6.42 Å². The molecule has 4 aromatic rings. The van der Waals surface area contributed by atoms with Gasteiger partial charge in [-0.3, -0.25) is 4.98 Å². The maximum Gasteiger partial charge on any atom is 0.0595 e. The third kappa shape index (κ3) is 6.86. The Morgan fingerprint density at radius 2 is 1.47 bits per heavy atom. The molecule has 4 heteroatoms. The molecule has 0 amide bonds. The Morgan fingerprint density at radius 1 is 0.800 bits per heavy atom. The van der Waals surface area contributed by atoms with E-state index < -0.39 is 0 Å². The molecule has 0 aliphatic rings. The number of aliphatic hydroxyl groups excluding tert-OH is 2. The van der Waals surface area contributed by atoms with Gasteiger partial charge in [-0.1, -0.05) is 60.7 Å². The molecular weight excluding hydrogens is 551 g/mol. The first-order valence-corrected chi connectivity index (χ1v) is 9.82. The standard InChI is InChI=1S/C21H14N.C5H12O2.Ir/c1-2-7-16(8-3-1)18-10-6-11-19(15-18)21-14-13-17-9-4-5-12-20(17)22-21;1-4(6)3-5(2)7;/h1-10,12-15H;4-7H,3H2,1-2H3;/q-1;;. The first kappa shape index (κ1) is 23.9. The fourth-order valence-corrected chi connectivity index (χ4v) is 3.13. The van der Waals surface area contributed by atoms with Crippen molar-refractivity contribution in [3.05, 3.63) is 91.0 Å². The van der Waals surface area contributed by atoms with Crippen molar-refractivity contribution in [1.29, 1.82) is 0 Å². The summed E-state index contributed by atoms with van der Waals surface area (Å²) >= 11 is 0. The number of pyridine rings is 1. The van der Waals surface area contributed by atoms with Crippen LogP contribution in [0.4, 0.5) is 0 Å². The van der Waals surface area contributed by atoms with Crippen LogP contribution in [0.2, 0.25) is 0 Å². The van der Waals surface area contributed by atoms with E-state index in [1.54, 1.807) is 13.8 Å². The quantitative estimate of drug-likeness (QED) is 0.316.